The molecule has 0 aliphatic carbocycles. The highest BCUT2D eigenvalue weighted by atomic mass is 32.2. The molecule has 40 heavy (non-hydrogen) atoms. The lowest BCUT2D eigenvalue weighted by molar-refractivity contribution is -0.126. The van der Waals surface area contributed by atoms with Crippen LogP contribution in [-0.2, 0) is 16.1 Å². The van der Waals surface area contributed by atoms with E-state index < -0.39 is 11.6 Å². The van der Waals surface area contributed by atoms with Crippen molar-refractivity contribution in [2.24, 2.45) is 0 Å². The van der Waals surface area contributed by atoms with Gasteiger partial charge in [0.1, 0.15) is 17.5 Å². The first-order chi connectivity index (χ1) is 19.4. The minimum Gasteiger partial charge on any atom is -0.379 e. The van der Waals surface area contributed by atoms with Crippen molar-refractivity contribution in [2.75, 3.05) is 63.1 Å². The lowest BCUT2D eigenvalue weighted by Gasteiger charge is -2.36. The molecule has 2 fully saturated rings. The van der Waals surface area contributed by atoms with Crippen LogP contribution in [0, 0.1) is 18.6 Å². The van der Waals surface area contributed by atoms with Crippen LogP contribution in [0.5, 0.6) is 0 Å². The molecule has 8 nitrogen and oxygen atoms in total. The number of benzene rings is 2. The summed E-state index contributed by atoms with van der Waals surface area (Å²) in [6.45, 7) is 10.8. The zero-order valence-electron chi connectivity index (χ0n) is 22.4. The van der Waals surface area contributed by atoms with Crippen LogP contribution in [0.15, 0.2) is 46.6 Å². The molecule has 0 saturated carbocycles. The molecule has 0 spiro atoms. The Morgan fingerprint density at radius 3 is 2.58 bits per heavy atom. The quantitative estimate of drug-likeness (QED) is 0.448. The smallest absolute Gasteiger partial charge is 0.350 e. The minimum atomic E-state index is -0.639. The van der Waals surface area contributed by atoms with Crippen molar-refractivity contribution in [3.63, 3.8) is 0 Å². The van der Waals surface area contributed by atoms with Crippen molar-refractivity contribution in [1.29, 1.82) is 0 Å². The van der Waals surface area contributed by atoms with Crippen LogP contribution < -0.4 is 10.6 Å². The third-order valence-corrected chi connectivity index (χ3v) is 9.27. The topological polar surface area (TPSA) is 70.9 Å². The number of hydrogen-bond acceptors (Lipinski definition) is 7. The number of ether oxygens (including phenoxy) is 1. The molecule has 0 N–H and O–H groups in total. The van der Waals surface area contributed by atoms with Gasteiger partial charge in [-0.05, 0) is 36.8 Å². The maximum absolute atomic E-state index is 15.2. The predicted molar refractivity (Wildman–Crippen MR) is 152 cm³/mol. The molecule has 1 atom stereocenters. The highest BCUT2D eigenvalue weighted by Gasteiger charge is 2.31. The van der Waals surface area contributed by atoms with Gasteiger partial charge in [0.15, 0.2) is 0 Å². The van der Waals surface area contributed by atoms with Crippen LogP contribution >= 0.6 is 11.8 Å². The molecule has 3 aromatic rings. The summed E-state index contributed by atoms with van der Waals surface area (Å²) >= 11 is 1.61. The highest BCUT2D eigenvalue weighted by molar-refractivity contribution is 7.99. The second-order valence-corrected chi connectivity index (χ2v) is 11.4. The second-order valence-electron chi connectivity index (χ2n) is 10.4. The maximum Gasteiger partial charge on any atom is 0.350 e. The molecule has 3 aliphatic rings. The predicted octanol–water partition coefficient (Wildman–Crippen LogP) is 3.29. The zero-order valence-corrected chi connectivity index (χ0v) is 23.2. The van der Waals surface area contributed by atoms with E-state index in [0.717, 1.165) is 40.5 Å². The first kappa shape index (κ1) is 26.9. The molecule has 6 rings (SSSR count). The van der Waals surface area contributed by atoms with Crippen molar-refractivity contribution in [2.45, 2.75) is 24.4 Å². The Morgan fingerprint density at radius 2 is 1.88 bits per heavy atom. The Hall–Kier alpha value is -3.28. The number of piperazine rings is 1. The van der Waals surface area contributed by atoms with Gasteiger partial charge in [0.2, 0.25) is 5.91 Å². The standard InChI is InChI=1S/C29H31F2N5O3S/c1-3-24(37)34-6-8-35(9-7-34)28-22-14-18(2)25(21-5-4-19(30)15-23(21)31)27-26(22)36(29(38)32-28)16-20(17-40-27)33-10-12-39-13-11-33/h3-5,14-15,20H,1,6-13,16-17H2,2H3. The summed E-state index contributed by atoms with van der Waals surface area (Å²) in [4.78, 5) is 37.4. The fraction of sp³-hybridized carbons (Fsp3) is 0.414. The van der Waals surface area contributed by atoms with Crippen molar-refractivity contribution in [3.05, 3.63) is 64.6 Å². The van der Waals surface area contributed by atoms with Gasteiger partial charge >= 0.3 is 5.69 Å². The summed E-state index contributed by atoms with van der Waals surface area (Å²) < 4.78 is 36.3. The normalized spacial score (nSPS) is 20.0. The largest absolute Gasteiger partial charge is 0.379 e. The summed E-state index contributed by atoms with van der Waals surface area (Å²) in [5.74, 6) is -0.119. The van der Waals surface area contributed by atoms with E-state index in [9.17, 15) is 14.0 Å². The Balaban J connectivity index is 1.52. The lowest BCUT2D eigenvalue weighted by atomic mass is 9.97. The van der Waals surface area contributed by atoms with Crippen molar-refractivity contribution in [1.82, 2.24) is 19.4 Å². The number of nitrogens with zero attached hydrogens (tertiary/aromatic N) is 5. The highest BCUT2D eigenvalue weighted by Crippen LogP contribution is 2.44. The van der Waals surface area contributed by atoms with Crippen molar-refractivity contribution >= 4 is 34.4 Å². The zero-order chi connectivity index (χ0) is 28.0. The van der Waals surface area contributed by atoms with Gasteiger partial charge in [-0.2, -0.15) is 4.98 Å². The first-order valence-corrected chi connectivity index (χ1v) is 14.5. The number of aromatic nitrogens is 2. The molecule has 11 heteroatoms. The number of carbonyl (C=O) groups is 1. The number of hydrogen-bond donors (Lipinski definition) is 0. The third kappa shape index (κ3) is 4.80. The van der Waals surface area contributed by atoms with Crippen LogP contribution in [0.3, 0.4) is 0 Å². The summed E-state index contributed by atoms with van der Waals surface area (Å²) in [7, 11) is 0. The van der Waals surface area contributed by atoms with Gasteiger partial charge in [0.25, 0.3) is 0 Å². The minimum absolute atomic E-state index is 0.0644. The molecule has 0 bridgehead atoms. The van der Waals surface area contributed by atoms with Gasteiger partial charge in [-0.1, -0.05) is 6.58 Å². The van der Waals surface area contributed by atoms with E-state index in [-0.39, 0.29) is 17.6 Å². The van der Waals surface area contributed by atoms with Crippen LogP contribution in [0.1, 0.15) is 5.56 Å². The number of aryl methyl sites for hydroxylation is 1. The number of carbonyl (C=O) groups excluding carboxylic acids is 1. The number of rotatable bonds is 4. The Kier molecular flexibility index (Phi) is 7.37. The number of thioether (sulfide) groups is 1. The molecule has 210 valence electrons. The SMILES string of the molecule is C=CC(=O)N1CCN(c2nc(=O)n3c4c(c(-c5ccc(F)cc5F)c(C)cc24)SCC(N2CCOCC2)C3)CC1. The van der Waals surface area contributed by atoms with Gasteiger partial charge in [0.05, 0.1) is 18.7 Å². The monoisotopic (exact) mass is 567 g/mol. The van der Waals surface area contributed by atoms with E-state index in [1.807, 2.05) is 17.9 Å². The molecular weight excluding hydrogens is 536 g/mol. The van der Waals surface area contributed by atoms with Crippen LogP contribution in [0.2, 0.25) is 0 Å². The lowest BCUT2D eigenvalue weighted by Crippen LogP contribution is -2.49. The summed E-state index contributed by atoms with van der Waals surface area (Å²) in [6, 6.07) is 5.67. The molecule has 4 heterocycles. The van der Waals surface area contributed by atoms with E-state index in [1.165, 1.54) is 18.2 Å². The second kappa shape index (κ2) is 10.9. The van der Waals surface area contributed by atoms with Crippen molar-refractivity contribution < 1.29 is 18.3 Å². The average molecular weight is 568 g/mol. The molecular formula is C29H31F2N5O3S. The first-order valence-electron chi connectivity index (χ1n) is 13.5. The van der Waals surface area contributed by atoms with Crippen molar-refractivity contribution in [3.8, 4) is 11.1 Å². The van der Waals surface area contributed by atoms with Gasteiger partial charge < -0.3 is 14.5 Å². The number of halogens is 2. The fourth-order valence-corrected chi connectivity index (χ4v) is 7.42. The average Bonchev–Trinajstić information content (AvgIpc) is 3.17. The molecule has 1 amide bonds. The molecule has 3 aliphatic heterocycles. The van der Waals surface area contributed by atoms with Crippen LogP contribution in [0.4, 0.5) is 14.6 Å². The van der Waals surface area contributed by atoms with Gasteiger partial charge in [-0.3, -0.25) is 14.3 Å². The van der Waals surface area contributed by atoms with Crippen LogP contribution in [0.25, 0.3) is 22.0 Å². The Labute approximate surface area is 235 Å². The molecule has 0 radical (unpaired) electrons. The Morgan fingerprint density at radius 1 is 1.12 bits per heavy atom. The fourth-order valence-electron chi connectivity index (χ4n) is 5.97. The van der Waals surface area contributed by atoms with E-state index in [2.05, 4.69) is 16.5 Å². The Bertz CT molecular complexity index is 1550. The van der Waals surface area contributed by atoms with Gasteiger partial charge in [-0.15, -0.1) is 11.8 Å². The van der Waals surface area contributed by atoms with E-state index >= 15 is 4.39 Å². The van der Waals surface area contributed by atoms with Crippen LogP contribution in [-0.4, -0.2) is 89.5 Å². The summed E-state index contributed by atoms with van der Waals surface area (Å²) in [5, 5.41) is 0.817. The third-order valence-electron chi connectivity index (χ3n) is 8.04. The van der Waals surface area contributed by atoms with Gasteiger partial charge in [-0.25, -0.2) is 13.6 Å². The van der Waals surface area contributed by atoms with E-state index in [1.54, 1.807) is 21.2 Å². The summed E-state index contributed by atoms with van der Waals surface area (Å²) in [5.41, 5.74) is 2.17. The maximum atomic E-state index is 15.2. The molecule has 1 unspecified atom stereocenters. The molecule has 1 aromatic heterocycles. The molecule has 2 saturated heterocycles. The number of morpholine rings is 1. The van der Waals surface area contributed by atoms with E-state index in [0.29, 0.717) is 68.6 Å². The van der Waals surface area contributed by atoms with Gasteiger partial charge in [0, 0.05) is 85.1 Å². The number of amides is 1. The van der Waals surface area contributed by atoms with E-state index in [4.69, 9.17) is 4.74 Å². The number of anilines is 1. The molecule has 2 aromatic carbocycles. The summed E-state index contributed by atoms with van der Waals surface area (Å²) in [6.07, 6.45) is 1.31.